The fraction of sp³-hybridized carbons (Fsp3) is 0.619. The first-order valence-electron chi connectivity index (χ1n) is 10.6. The summed E-state index contributed by atoms with van der Waals surface area (Å²) in [7, 11) is 0. The highest BCUT2D eigenvalue weighted by atomic mass is 16.6. The van der Waals surface area contributed by atoms with E-state index >= 15 is 0 Å². The summed E-state index contributed by atoms with van der Waals surface area (Å²) in [5.74, 6) is -0.740. The van der Waals surface area contributed by atoms with Crippen LogP contribution in [0.2, 0.25) is 0 Å². The van der Waals surface area contributed by atoms with Crippen LogP contribution >= 0.6 is 0 Å². The highest BCUT2D eigenvalue weighted by Gasteiger charge is 2.44. The maximum absolute atomic E-state index is 11.9. The molecule has 11 heteroatoms. The molecule has 0 spiro atoms. The minimum absolute atomic E-state index is 0.208. The number of hydrogen-bond donors (Lipinski definition) is 3. The second kappa shape index (κ2) is 12.9. The number of rotatable bonds is 13. The number of esters is 2. The number of aliphatic hydroxyl groups is 2. The summed E-state index contributed by atoms with van der Waals surface area (Å²) in [5, 5.41) is 20.3. The van der Waals surface area contributed by atoms with E-state index < -0.39 is 41.8 Å². The summed E-state index contributed by atoms with van der Waals surface area (Å²) in [4.78, 5) is 48.2. The Morgan fingerprint density at radius 1 is 1.06 bits per heavy atom. The van der Waals surface area contributed by atoms with Crippen molar-refractivity contribution in [2.24, 2.45) is 0 Å². The maximum atomic E-state index is 11.9. The Morgan fingerprint density at radius 3 is 2.31 bits per heavy atom. The molecule has 1 aliphatic rings. The summed E-state index contributed by atoms with van der Waals surface area (Å²) in [6.07, 6.45) is 2.83. The quantitative estimate of drug-likeness (QED) is 0.219. The van der Waals surface area contributed by atoms with Crippen molar-refractivity contribution in [3.63, 3.8) is 0 Å². The third kappa shape index (κ3) is 7.74. The van der Waals surface area contributed by atoms with Gasteiger partial charge in [0.15, 0.2) is 6.23 Å². The van der Waals surface area contributed by atoms with Gasteiger partial charge in [-0.3, -0.25) is 23.9 Å². The summed E-state index contributed by atoms with van der Waals surface area (Å²) in [6, 6.07) is 1.09. The second-order valence-electron chi connectivity index (χ2n) is 7.52. The number of aliphatic hydroxyl groups excluding tert-OH is 2. The molecule has 1 fully saturated rings. The van der Waals surface area contributed by atoms with E-state index in [9.17, 15) is 29.4 Å². The Bertz CT molecular complexity index is 879. The van der Waals surface area contributed by atoms with Gasteiger partial charge in [-0.2, -0.15) is 0 Å². The van der Waals surface area contributed by atoms with Crippen LogP contribution in [0.15, 0.2) is 34.7 Å². The molecule has 32 heavy (non-hydrogen) atoms. The Hall–Kier alpha value is -2.76. The second-order valence-corrected chi connectivity index (χ2v) is 7.52. The molecule has 178 valence electrons. The predicted molar refractivity (Wildman–Crippen MR) is 111 cm³/mol. The van der Waals surface area contributed by atoms with Crippen molar-refractivity contribution in [3.05, 3.63) is 45.9 Å². The highest BCUT2D eigenvalue weighted by Crippen LogP contribution is 2.28. The summed E-state index contributed by atoms with van der Waals surface area (Å²) < 4.78 is 16.2. The van der Waals surface area contributed by atoms with Crippen LogP contribution in [0.3, 0.4) is 0 Å². The molecule has 0 aromatic carbocycles. The zero-order chi connectivity index (χ0) is 23.5. The molecule has 0 bridgehead atoms. The number of H-pyrrole nitrogens is 1. The van der Waals surface area contributed by atoms with Crippen molar-refractivity contribution >= 4 is 11.9 Å². The van der Waals surface area contributed by atoms with Crippen molar-refractivity contribution in [3.8, 4) is 0 Å². The van der Waals surface area contributed by atoms with E-state index in [1.165, 1.54) is 0 Å². The molecule has 1 saturated heterocycles. The van der Waals surface area contributed by atoms with Gasteiger partial charge in [0.2, 0.25) is 0 Å². The largest absolute Gasteiger partial charge is 0.463 e. The van der Waals surface area contributed by atoms with Gasteiger partial charge in [-0.05, 0) is 12.8 Å². The lowest BCUT2D eigenvalue weighted by atomic mass is 10.1. The molecule has 2 heterocycles. The van der Waals surface area contributed by atoms with E-state index in [2.05, 4.69) is 11.3 Å². The molecule has 0 radical (unpaired) electrons. The molecule has 1 aliphatic heterocycles. The summed E-state index contributed by atoms with van der Waals surface area (Å²) >= 11 is 0. The van der Waals surface area contributed by atoms with Crippen molar-refractivity contribution in [1.29, 1.82) is 0 Å². The lowest BCUT2D eigenvalue weighted by Gasteiger charge is -2.16. The minimum atomic E-state index is -1.43. The van der Waals surface area contributed by atoms with Crippen LogP contribution < -0.4 is 11.2 Å². The topological polar surface area (TPSA) is 157 Å². The number of aromatic nitrogens is 2. The number of unbranched alkanes of at least 4 members (excludes halogenated alkanes) is 5. The number of aromatic amines is 1. The Labute approximate surface area is 184 Å². The van der Waals surface area contributed by atoms with Gasteiger partial charge in [-0.1, -0.05) is 32.3 Å². The van der Waals surface area contributed by atoms with E-state index in [1.54, 1.807) is 0 Å². The third-order valence-electron chi connectivity index (χ3n) is 5.10. The van der Waals surface area contributed by atoms with E-state index in [0.717, 1.165) is 55.2 Å². The van der Waals surface area contributed by atoms with Gasteiger partial charge >= 0.3 is 17.6 Å². The Kier molecular flexibility index (Phi) is 10.3. The third-order valence-corrected chi connectivity index (χ3v) is 5.10. The minimum Gasteiger partial charge on any atom is -0.463 e. The van der Waals surface area contributed by atoms with Gasteiger partial charge < -0.3 is 24.4 Å². The molecule has 3 N–H and O–H groups in total. The number of nitrogens with one attached hydrogen (secondary N) is 1. The zero-order valence-electron chi connectivity index (χ0n) is 17.8. The van der Waals surface area contributed by atoms with Crippen LogP contribution in [-0.2, 0) is 23.8 Å². The van der Waals surface area contributed by atoms with E-state index in [4.69, 9.17) is 9.47 Å². The Balaban J connectivity index is 1.62. The Morgan fingerprint density at radius 2 is 1.69 bits per heavy atom. The normalized spacial score (nSPS) is 22.4. The lowest BCUT2D eigenvalue weighted by molar-refractivity contribution is -0.150. The standard InChI is InChI=1S/C21H30N2O9/c1-2-30-16(25)9-7-5-3-4-6-8-10-17(26)31-13-14-18(27)19(28)20(32-14)23-12-11-15(24)22-21(23)29/h2,11-12,14,18-20,27-28H,1,3-10,13H2,(H,22,24,29)/t14-,18-,19-,20-/m1/s1. The molecule has 4 atom stereocenters. The lowest BCUT2D eigenvalue weighted by Crippen LogP contribution is -2.37. The van der Waals surface area contributed by atoms with Gasteiger partial charge in [0.05, 0.1) is 6.26 Å². The van der Waals surface area contributed by atoms with Gasteiger partial charge in [0, 0.05) is 25.1 Å². The first kappa shape index (κ1) is 25.5. The number of nitrogens with zero attached hydrogens (tertiary/aromatic N) is 1. The SMILES string of the molecule is C=COC(=O)CCCCCCCCC(=O)OC[C@H]1O[C@@H](n2ccc(=O)[nH]c2=O)[C@H](O)[C@@H]1O. The van der Waals surface area contributed by atoms with Gasteiger partial charge in [-0.25, -0.2) is 4.79 Å². The molecular weight excluding hydrogens is 424 g/mol. The fourth-order valence-electron chi connectivity index (χ4n) is 3.37. The monoisotopic (exact) mass is 454 g/mol. The molecule has 1 aromatic heterocycles. The summed E-state index contributed by atoms with van der Waals surface area (Å²) in [6.45, 7) is 3.05. The number of carbonyl (C=O) groups excluding carboxylic acids is 2. The number of hydrogen-bond acceptors (Lipinski definition) is 9. The predicted octanol–water partition coefficient (Wildman–Crippen LogP) is 0.507. The van der Waals surface area contributed by atoms with Crippen LogP contribution in [0.1, 0.15) is 57.6 Å². The fourth-order valence-corrected chi connectivity index (χ4v) is 3.37. The molecule has 0 unspecified atom stereocenters. The maximum Gasteiger partial charge on any atom is 0.330 e. The summed E-state index contributed by atoms with van der Waals surface area (Å²) in [5.41, 5.74) is -1.39. The molecular formula is C21H30N2O9. The average Bonchev–Trinajstić information content (AvgIpc) is 3.02. The van der Waals surface area contributed by atoms with Crippen LogP contribution in [0, 0.1) is 0 Å². The van der Waals surface area contributed by atoms with E-state index in [1.807, 2.05) is 4.98 Å². The van der Waals surface area contributed by atoms with E-state index in [-0.39, 0.29) is 19.0 Å². The molecule has 0 amide bonds. The molecule has 2 rings (SSSR count). The van der Waals surface area contributed by atoms with Crippen molar-refractivity contribution in [2.75, 3.05) is 6.61 Å². The van der Waals surface area contributed by atoms with Crippen molar-refractivity contribution < 1.29 is 34.0 Å². The average molecular weight is 454 g/mol. The van der Waals surface area contributed by atoms with Crippen LogP contribution in [0.4, 0.5) is 0 Å². The first-order chi connectivity index (χ1) is 15.3. The van der Waals surface area contributed by atoms with E-state index in [0.29, 0.717) is 12.8 Å². The molecule has 0 saturated carbocycles. The van der Waals surface area contributed by atoms with Gasteiger partial charge in [0.25, 0.3) is 5.56 Å². The van der Waals surface area contributed by atoms with Crippen molar-refractivity contribution in [1.82, 2.24) is 9.55 Å². The smallest absolute Gasteiger partial charge is 0.330 e. The first-order valence-corrected chi connectivity index (χ1v) is 10.6. The number of ether oxygens (including phenoxy) is 3. The molecule has 1 aromatic rings. The zero-order valence-corrected chi connectivity index (χ0v) is 17.8. The molecule has 0 aliphatic carbocycles. The number of carbonyl (C=O) groups is 2. The van der Waals surface area contributed by atoms with Gasteiger partial charge in [0.1, 0.15) is 24.9 Å². The molecule has 11 nitrogen and oxygen atoms in total. The van der Waals surface area contributed by atoms with Crippen LogP contribution in [0.5, 0.6) is 0 Å². The van der Waals surface area contributed by atoms with Gasteiger partial charge in [-0.15, -0.1) is 0 Å². The van der Waals surface area contributed by atoms with Crippen LogP contribution in [0.25, 0.3) is 0 Å². The highest BCUT2D eigenvalue weighted by molar-refractivity contribution is 5.69. The van der Waals surface area contributed by atoms with Crippen LogP contribution in [-0.4, -0.2) is 56.6 Å². The van der Waals surface area contributed by atoms with Crippen molar-refractivity contribution in [2.45, 2.75) is 75.9 Å².